The number of fused-ring (bicyclic) bond motifs is 7. The largest absolute Gasteiger partial charge is 0.493 e. The van der Waals surface area contributed by atoms with E-state index in [4.69, 9.17) is 123 Å². The third-order valence-electron chi connectivity index (χ3n) is 27.0. The van der Waals surface area contributed by atoms with Crippen molar-refractivity contribution in [2.45, 2.75) is 135 Å². The van der Waals surface area contributed by atoms with Crippen LogP contribution in [-0.4, -0.2) is 197 Å². The molecule has 1 heterocycles. The Morgan fingerprint density at radius 2 is 0.933 bits per heavy atom. The summed E-state index contributed by atoms with van der Waals surface area (Å²) < 4.78 is 50.7. The first kappa shape index (κ1) is 118. The predicted octanol–water partition coefficient (Wildman–Crippen LogP) is 20.8. The molecule has 32 heteroatoms. The van der Waals surface area contributed by atoms with Gasteiger partial charge in [-0.3, -0.25) is 4.79 Å². The molecule has 0 bridgehead atoms. The van der Waals surface area contributed by atoms with Crippen molar-refractivity contribution in [3.8, 4) is 80.0 Å². The lowest BCUT2D eigenvalue weighted by Gasteiger charge is -2.53. The summed E-state index contributed by atoms with van der Waals surface area (Å²) in [5, 5.41) is 30.9. The number of hydrogen-bond donors (Lipinski definition) is 1. The zero-order valence-electron chi connectivity index (χ0n) is 86.7. The molecule has 1 aliphatic heterocycles. The fourth-order valence-corrected chi connectivity index (χ4v) is 18.1. The highest BCUT2D eigenvalue weighted by Crippen LogP contribution is 2.48. The summed E-state index contributed by atoms with van der Waals surface area (Å²) in [4.78, 5) is 59.9. The number of rotatable bonds is 39. The van der Waals surface area contributed by atoms with E-state index >= 15 is 0 Å². The molecule has 17 nitrogen and oxygen atoms in total. The van der Waals surface area contributed by atoms with E-state index in [9.17, 15) is 29.1 Å². The lowest BCUT2D eigenvalue weighted by atomic mass is 8.60. The van der Waals surface area contributed by atoms with Gasteiger partial charge in [0.2, 0.25) is 5.78 Å². The van der Waals surface area contributed by atoms with Crippen LogP contribution in [0, 0.1) is 53.3 Å². The van der Waals surface area contributed by atoms with Gasteiger partial charge in [0.05, 0.1) is 80.6 Å². The van der Waals surface area contributed by atoms with Crippen molar-refractivity contribution in [3.63, 3.8) is 0 Å². The minimum absolute atomic E-state index is 0.218. The molecule has 2 atom stereocenters. The maximum atomic E-state index is 12.6. The van der Waals surface area contributed by atoms with Crippen molar-refractivity contribution in [3.05, 3.63) is 373 Å². The van der Waals surface area contributed by atoms with E-state index in [1.807, 2.05) is 72.8 Å². The minimum atomic E-state index is -1.34. The van der Waals surface area contributed by atoms with E-state index in [1.54, 1.807) is 104 Å². The van der Waals surface area contributed by atoms with E-state index in [2.05, 4.69) is 174 Å². The van der Waals surface area contributed by atoms with Crippen LogP contribution in [-0.2, 0) is 42.2 Å². The van der Waals surface area contributed by atoms with E-state index in [-0.39, 0.29) is 24.7 Å². The van der Waals surface area contributed by atoms with Crippen LogP contribution in [0.4, 0.5) is 0 Å². The van der Waals surface area contributed by atoms with Gasteiger partial charge in [0.15, 0.2) is 5.60 Å². The molecule has 1 fully saturated rings. The number of benzene rings is 13. The first-order chi connectivity index (χ1) is 72.6. The zero-order valence-corrected chi connectivity index (χ0v) is 86.7. The number of esters is 4. The lowest BCUT2D eigenvalue weighted by molar-refractivity contribution is -0.138. The maximum absolute atomic E-state index is 12.6. The maximum Gasteiger partial charge on any atom is 0.343 e. The fourth-order valence-electron chi connectivity index (χ4n) is 18.1. The third kappa shape index (κ3) is 34.0. The summed E-state index contributed by atoms with van der Waals surface area (Å²) in [5.74, 6) is 4.09. The Bertz CT molecular complexity index is 6420. The van der Waals surface area contributed by atoms with Crippen LogP contribution in [0.15, 0.2) is 323 Å². The lowest BCUT2D eigenvalue weighted by Crippen LogP contribution is -2.71. The summed E-state index contributed by atoms with van der Waals surface area (Å²) in [5.41, 5.74) is 12.4. The molecule has 15 rings (SSSR count). The summed E-state index contributed by atoms with van der Waals surface area (Å²) in [6, 6.07) is 98.7. The molecule has 2 aliphatic rings. The first-order valence-electron chi connectivity index (χ1n) is 51.1. The van der Waals surface area contributed by atoms with Crippen LogP contribution in [0.3, 0.4) is 0 Å². The average Bonchev–Trinajstić information content (AvgIpc) is 1.62. The number of unbranched alkanes of at least 4 members (excludes halogenated alkanes) is 2. The van der Waals surface area contributed by atoms with Crippen LogP contribution in [0.5, 0.6) is 34.5 Å². The molecule has 19 radical (unpaired) electrons. The highest BCUT2D eigenvalue weighted by atomic mass is 16.6. The quantitative estimate of drug-likeness (QED) is 0.00941. The van der Waals surface area contributed by atoms with Crippen molar-refractivity contribution < 1.29 is 71.7 Å². The van der Waals surface area contributed by atoms with Crippen LogP contribution in [0.1, 0.15) is 169 Å². The number of ether oxygens (including phenoxy) is 9. The number of aryl methyl sites for hydroxylation is 2. The van der Waals surface area contributed by atoms with Gasteiger partial charge < -0.3 is 47.7 Å². The predicted molar refractivity (Wildman–Crippen MR) is 620 cm³/mol. The van der Waals surface area contributed by atoms with Crippen LogP contribution < -0.4 is 28.4 Å². The van der Waals surface area contributed by atoms with Gasteiger partial charge in [-0.25, -0.2) is 19.2 Å². The molecule has 0 saturated heterocycles. The molecular weight excluding hydrogens is 1850 g/mol. The summed E-state index contributed by atoms with van der Waals surface area (Å²) in [6.07, 6.45) is 17.7. The van der Waals surface area contributed by atoms with Crippen LogP contribution in [0.25, 0.3) is 54.9 Å². The molecule has 150 heavy (non-hydrogen) atoms. The highest BCUT2D eigenvalue weighted by Gasteiger charge is 2.47. The van der Waals surface area contributed by atoms with Gasteiger partial charge in [-0.1, -0.05) is 280 Å². The van der Waals surface area contributed by atoms with Gasteiger partial charge in [-0.05, 0) is 226 Å². The number of carbonyl (C=O) groups is 5. The Kier molecular flexibility index (Phi) is 48.6. The number of aliphatic hydroxyl groups excluding tert-OH is 1. The number of nitriles is 2. The molecule has 737 valence electrons. The van der Waals surface area contributed by atoms with Gasteiger partial charge >= 0.3 is 23.9 Å². The number of ketones is 1. The van der Waals surface area contributed by atoms with E-state index in [1.165, 1.54) is 140 Å². The molecule has 13 aromatic rings. The SMILES string of the molecule is C=CC(=O)OCCCOc1ccc(C(=O)Oc2ccc(OC(=O)c3ccc(OCCCOC(=O)C=C)cc3)c(C)c2)cc1.CCC(C)Cc1ccc(-c2ccc(C#N)cc2)cc1.CCCC1CCC(C2COc3ccc4ccccc4c3-c3c(ccc4ccccc34)OC2)CC1.CCCCCc1ccc(-c2ccc(C#N)cc2)cc1.COC(CO)(C(=O)c1ccccc1)c1ccccc1.[B][B]B(B([B])[B])C(B([B])[B])(B([B])[B])B([B])[B]. The monoisotopic (exact) mass is 1970 g/mol. The van der Waals surface area contributed by atoms with Crippen molar-refractivity contribution >= 4 is 160 Å². The van der Waals surface area contributed by atoms with Gasteiger partial charge in [0.25, 0.3) is 0 Å². The number of nitrogens with zero attached hydrogens (tertiary/aromatic N) is 2. The Labute approximate surface area is 901 Å². The van der Waals surface area contributed by atoms with Crippen molar-refractivity contribution in [2.24, 2.45) is 23.7 Å². The topological polar surface area (TPSA) is 236 Å². The Morgan fingerprint density at radius 1 is 0.493 bits per heavy atom. The Morgan fingerprint density at radius 3 is 1.34 bits per heavy atom. The summed E-state index contributed by atoms with van der Waals surface area (Å²) in [6.45, 7) is 15.9. The molecule has 1 saturated carbocycles. The van der Waals surface area contributed by atoms with Crippen molar-refractivity contribution in [2.75, 3.05) is 53.4 Å². The molecular formula is C118H120B15N2O15. The second kappa shape index (κ2) is 61.6. The van der Waals surface area contributed by atoms with E-state index < -0.39 is 73.5 Å². The van der Waals surface area contributed by atoms with E-state index in [0.717, 1.165) is 71.8 Å². The van der Waals surface area contributed by atoms with Gasteiger partial charge in [0, 0.05) is 164 Å². The molecule has 0 amide bonds. The second-order valence-electron chi connectivity index (χ2n) is 37.2. The molecule has 1 aliphatic carbocycles. The Balaban J connectivity index is 0.000000192. The normalized spacial score (nSPS) is 13.3. The number of hydrogen-bond acceptors (Lipinski definition) is 17. The van der Waals surface area contributed by atoms with Crippen molar-refractivity contribution in [1.82, 2.24) is 0 Å². The standard InChI is InChI=1S/C33H32O10.C32H34O2.2C18H19N.C16H16O3.CB15/c1-4-30(34)40-20-6-18-38-26-12-8-24(9-13-26)32(36)42-28-16-17-29(23(3)22-28)43-33(37)25-10-14-27(15-11-25)39-19-7-21-41-31(35)5-2;1-2-7-22-12-14-23(15-13-22)26-20-33-29-18-16-24-8-3-5-10-27(24)31(29)32-28-11-6-4-9-25(28)17-19-30(32)34-21-26;1-3-14(2)12-15-4-8-17(9-5-15)18-10-6-16(13-19)7-11-18;1-2-3-4-5-15-6-10-17(11-7-15)18-12-8-16(14-19)9-13-18;1-19-16(12-17,14-10-6-3-7-11-14)15(18)13-8-4-2-5-9-13;2-11-15(16(9)10)1(12(3)4,13(5)6)14(7)8/h4-5,8-17,22H,1-2,6-7,18-21H2,3H3;3-6,8-11,16-19,22-23,26H,2,7,12-15,20-21H2,1H3;4-11,14H,3,12H2,1-2H3;6-13H,2-5H2,1H3;2-11,17H,12H2,1H3;. The number of carbonyl (C=O) groups excluding carboxylic acids is 5. The van der Waals surface area contributed by atoms with E-state index in [0.29, 0.717) is 94.1 Å². The zero-order chi connectivity index (χ0) is 108. The first-order valence-corrected chi connectivity index (χ1v) is 51.1. The van der Waals surface area contributed by atoms with Gasteiger partial charge in [0.1, 0.15) is 34.5 Å². The molecule has 13 aromatic carbocycles. The van der Waals surface area contributed by atoms with Crippen LogP contribution in [0.2, 0.25) is 5.01 Å². The Hall–Kier alpha value is -13.5. The van der Waals surface area contributed by atoms with Gasteiger partial charge in [-0.15, -0.1) is 0 Å². The third-order valence-corrected chi connectivity index (χ3v) is 27.0. The highest BCUT2D eigenvalue weighted by molar-refractivity contribution is 7.80. The molecule has 1 N–H and O–H groups in total. The van der Waals surface area contributed by atoms with Gasteiger partial charge in [-0.2, -0.15) is 15.5 Å². The molecule has 0 spiro atoms. The minimum Gasteiger partial charge on any atom is -0.493 e. The average molecular weight is 1970 g/mol. The number of methoxy groups -OCH3 is 1. The smallest absolute Gasteiger partial charge is 0.343 e. The molecule has 2 unspecified atom stereocenters. The second-order valence-corrected chi connectivity index (χ2v) is 37.2. The fraction of sp³-hybridized carbons (Fsp3) is 0.280. The van der Waals surface area contributed by atoms with Crippen LogP contribution >= 0.6 is 0 Å². The van der Waals surface area contributed by atoms with Crippen molar-refractivity contribution in [1.29, 1.82) is 10.5 Å². The summed E-state index contributed by atoms with van der Waals surface area (Å²) >= 11 is 0. The molecule has 0 aromatic heterocycles. The number of Topliss-reactive ketones (excluding diaryl/α,β-unsaturated/α-hetero) is 1. The number of aliphatic hydroxyl groups is 1. The summed E-state index contributed by atoms with van der Waals surface area (Å²) in [7, 11) is 53.2.